The molecule has 0 aliphatic rings. The van der Waals surface area contributed by atoms with Gasteiger partial charge in [-0.25, -0.2) is 0 Å². The van der Waals surface area contributed by atoms with Gasteiger partial charge in [-0.1, -0.05) is 0 Å². The molecule has 2 aromatic carbocycles. The lowest BCUT2D eigenvalue weighted by molar-refractivity contribution is 1.47. The second-order valence-electron chi connectivity index (χ2n) is 3.85. The first-order chi connectivity index (χ1) is 8.52. The van der Waals surface area contributed by atoms with Crippen molar-refractivity contribution in [1.82, 2.24) is 0 Å². The fraction of sp³-hybridized carbons (Fsp3) is 0.0714. The molecular formula is C14H16N4. The van der Waals surface area contributed by atoms with Gasteiger partial charge in [-0.2, -0.15) is 5.26 Å². The van der Waals surface area contributed by atoms with Crippen molar-refractivity contribution in [1.29, 1.82) is 5.26 Å². The van der Waals surface area contributed by atoms with E-state index in [1.807, 2.05) is 25.1 Å². The lowest BCUT2D eigenvalue weighted by Crippen LogP contribution is -1.91. The molecule has 0 bridgehead atoms. The molecule has 18 heavy (non-hydrogen) atoms. The topological polar surface area (TPSA) is 102 Å². The number of rotatable bonds is 0. The third-order valence-corrected chi connectivity index (χ3v) is 2.33. The summed E-state index contributed by atoms with van der Waals surface area (Å²) in [4.78, 5) is 0. The van der Waals surface area contributed by atoms with Crippen LogP contribution in [0.3, 0.4) is 0 Å². The molecule has 0 spiro atoms. The molecule has 6 N–H and O–H groups in total. The van der Waals surface area contributed by atoms with E-state index in [-0.39, 0.29) is 0 Å². The number of hydrogen-bond acceptors (Lipinski definition) is 4. The number of aryl methyl sites for hydroxylation is 1. The van der Waals surface area contributed by atoms with Gasteiger partial charge in [0.25, 0.3) is 0 Å². The second-order valence-corrected chi connectivity index (χ2v) is 3.85. The van der Waals surface area contributed by atoms with Gasteiger partial charge in [-0.15, -0.1) is 0 Å². The third-order valence-electron chi connectivity index (χ3n) is 2.33. The Hall–Kier alpha value is -2.67. The predicted octanol–water partition coefficient (Wildman–Crippen LogP) is 2.30. The number of hydrogen-bond donors (Lipinski definition) is 3. The van der Waals surface area contributed by atoms with E-state index in [0.717, 1.165) is 16.9 Å². The van der Waals surface area contributed by atoms with Crippen LogP contribution in [-0.2, 0) is 0 Å². The Labute approximate surface area is 107 Å². The zero-order chi connectivity index (χ0) is 13.5. The molecule has 0 unspecified atom stereocenters. The fourth-order valence-corrected chi connectivity index (χ4v) is 1.26. The highest BCUT2D eigenvalue weighted by Gasteiger charge is 1.90. The second kappa shape index (κ2) is 6.16. The molecule has 0 fully saturated rings. The summed E-state index contributed by atoms with van der Waals surface area (Å²) in [6, 6.07) is 14.3. The number of nitrogens with two attached hydrogens (primary N) is 3. The first-order valence-corrected chi connectivity index (χ1v) is 5.40. The standard InChI is InChI=1S/C7H10N2.C7H6N2/c1-5-4-6(8)2-3-7(5)9;8-5-6-1-3-7(9)4-2-6/h2-4H,8-9H2,1H3;1-4H,9H2. The Bertz CT molecular complexity index is 553. The molecular weight excluding hydrogens is 224 g/mol. The van der Waals surface area contributed by atoms with Crippen molar-refractivity contribution in [3.63, 3.8) is 0 Å². The van der Waals surface area contributed by atoms with Gasteiger partial charge in [0.1, 0.15) is 0 Å². The maximum Gasteiger partial charge on any atom is 0.0991 e. The van der Waals surface area contributed by atoms with Crippen LogP contribution in [0.15, 0.2) is 42.5 Å². The molecule has 0 amide bonds. The summed E-state index contributed by atoms with van der Waals surface area (Å²) in [5.74, 6) is 0. The van der Waals surface area contributed by atoms with E-state index in [1.54, 1.807) is 30.3 Å². The van der Waals surface area contributed by atoms with Crippen LogP contribution in [-0.4, -0.2) is 0 Å². The van der Waals surface area contributed by atoms with Gasteiger partial charge in [-0.3, -0.25) is 0 Å². The van der Waals surface area contributed by atoms with Crippen LogP contribution >= 0.6 is 0 Å². The molecule has 0 aliphatic heterocycles. The summed E-state index contributed by atoms with van der Waals surface area (Å²) in [7, 11) is 0. The monoisotopic (exact) mass is 240 g/mol. The Kier molecular flexibility index (Phi) is 4.58. The predicted molar refractivity (Wildman–Crippen MR) is 75.6 cm³/mol. The van der Waals surface area contributed by atoms with Gasteiger partial charge in [0.2, 0.25) is 0 Å². The van der Waals surface area contributed by atoms with Crippen LogP contribution < -0.4 is 17.2 Å². The molecule has 0 atom stereocenters. The summed E-state index contributed by atoms with van der Waals surface area (Å²) in [6.45, 7) is 1.94. The van der Waals surface area contributed by atoms with Crippen LogP contribution in [0.5, 0.6) is 0 Å². The highest BCUT2D eigenvalue weighted by atomic mass is 14.6. The number of nitrogens with zero attached hydrogens (tertiary/aromatic N) is 1. The van der Waals surface area contributed by atoms with E-state index in [9.17, 15) is 0 Å². The SMILES string of the molecule is Cc1cc(N)ccc1N.N#Cc1ccc(N)cc1. The Morgan fingerprint density at radius 3 is 1.89 bits per heavy atom. The fourth-order valence-electron chi connectivity index (χ4n) is 1.26. The molecule has 92 valence electrons. The van der Waals surface area contributed by atoms with E-state index in [2.05, 4.69) is 0 Å². The van der Waals surface area contributed by atoms with Crippen molar-refractivity contribution < 1.29 is 0 Å². The van der Waals surface area contributed by atoms with Crippen molar-refractivity contribution in [2.75, 3.05) is 17.2 Å². The maximum absolute atomic E-state index is 8.34. The molecule has 0 saturated carbocycles. The normalized spacial score (nSPS) is 8.89. The summed E-state index contributed by atoms with van der Waals surface area (Å²) < 4.78 is 0. The summed E-state index contributed by atoms with van der Waals surface area (Å²) >= 11 is 0. The molecule has 4 nitrogen and oxygen atoms in total. The van der Waals surface area contributed by atoms with Crippen molar-refractivity contribution >= 4 is 17.1 Å². The molecule has 0 saturated heterocycles. The van der Waals surface area contributed by atoms with Gasteiger partial charge < -0.3 is 17.2 Å². The van der Waals surface area contributed by atoms with Crippen molar-refractivity contribution in [2.24, 2.45) is 0 Å². The molecule has 0 aliphatic carbocycles. The zero-order valence-corrected chi connectivity index (χ0v) is 10.2. The van der Waals surface area contributed by atoms with E-state index in [4.69, 9.17) is 22.5 Å². The first kappa shape index (κ1) is 13.4. The van der Waals surface area contributed by atoms with Gasteiger partial charge in [0, 0.05) is 17.1 Å². The van der Waals surface area contributed by atoms with Gasteiger partial charge >= 0.3 is 0 Å². The Morgan fingerprint density at radius 2 is 1.44 bits per heavy atom. The van der Waals surface area contributed by atoms with Crippen LogP contribution in [0.1, 0.15) is 11.1 Å². The van der Waals surface area contributed by atoms with Crippen molar-refractivity contribution in [3.05, 3.63) is 53.6 Å². The highest BCUT2D eigenvalue weighted by molar-refractivity contribution is 5.54. The van der Waals surface area contributed by atoms with Gasteiger partial charge in [0.15, 0.2) is 0 Å². The van der Waals surface area contributed by atoms with Crippen LogP contribution in [0.2, 0.25) is 0 Å². The molecule has 0 radical (unpaired) electrons. The highest BCUT2D eigenvalue weighted by Crippen LogP contribution is 2.12. The molecule has 0 heterocycles. The molecule has 2 rings (SSSR count). The largest absolute Gasteiger partial charge is 0.399 e. The molecule has 0 aromatic heterocycles. The average molecular weight is 240 g/mol. The van der Waals surface area contributed by atoms with E-state index in [0.29, 0.717) is 11.3 Å². The number of anilines is 3. The molecule has 4 heteroatoms. The smallest absolute Gasteiger partial charge is 0.0991 e. The van der Waals surface area contributed by atoms with E-state index in [1.165, 1.54) is 0 Å². The minimum atomic E-state index is 0.643. The molecule has 2 aromatic rings. The maximum atomic E-state index is 8.34. The third kappa shape index (κ3) is 4.06. The van der Waals surface area contributed by atoms with Crippen molar-refractivity contribution in [2.45, 2.75) is 6.92 Å². The Morgan fingerprint density at radius 1 is 0.889 bits per heavy atom. The minimum absolute atomic E-state index is 0.643. The average Bonchev–Trinajstić information content (AvgIpc) is 2.36. The van der Waals surface area contributed by atoms with Crippen molar-refractivity contribution in [3.8, 4) is 6.07 Å². The van der Waals surface area contributed by atoms with Gasteiger partial charge in [0.05, 0.1) is 11.6 Å². The quantitative estimate of drug-likeness (QED) is 0.615. The summed E-state index contributed by atoms with van der Waals surface area (Å²) in [5.41, 5.74) is 20.3. The Balaban J connectivity index is 0.000000180. The number of benzene rings is 2. The van der Waals surface area contributed by atoms with E-state index >= 15 is 0 Å². The zero-order valence-electron chi connectivity index (χ0n) is 10.2. The van der Waals surface area contributed by atoms with Gasteiger partial charge in [-0.05, 0) is 55.0 Å². The van der Waals surface area contributed by atoms with Crippen LogP contribution in [0, 0.1) is 18.3 Å². The minimum Gasteiger partial charge on any atom is -0.399 e. The number of nitriles is 1. The van der Waals surface area contributed by atoms with Crippen LogP contribution in [0.25, 0.3) is 0 Å². The van der Waals surface area contributed by atoms with E-state index < -0.39 is 0 Å². The first-order valence-electron chi connectivity index (χ1n) is 5.40. The van der Waals surface area contributed by atoms with Crippen LogP contribution in [0.4, 0.5) is 17.1 Å². The number of nitrogen functional groups attached to an aromatic ring is 3. The summed E-state index contributed by atoms with van der Waals surface area (Å²) in [5, 5.41) is 8.34. The lowest BCUT2D eigenvalue weighted by atomic mass is 10.2. The summed E-state index contributed by atoms with van der Waals surface area (Å²) in [6.07, 6.45) is 0. The lowest BCUT2D eigenvalue weighted by Gasteiger charge is -1.98.